The van der Waals surface area contributed by atoms with Gasteiger partial charge in [-0.2, -0.15) is 21.6 Å². The van der Waals surface area contributed by atoms with E-state index in [9.17, 15) is 21.6 Å². The molecule has 19 heavy (non-hydrogen) atoms. The second kappa shape index (κ2) is 7.49. The van der Waals surface area contributed by atoms with E-state index in [-0.39, 0.29) is 22.0 Å². The van der Waals surface area contributed by atoms with E-state index in [1.54, 1.807) is 12.1 Å². The van der Waals surface area contributed by atoms with Crippen LogP contribution in [-0.2, 0) is 32.0 Å². The first-order chi connectivity index (χ1) is 7.94. The number of carboxylic acid groups (broad SMARTS) is 1. The fourth-order valence-corrected chi connectivity index (χ4v) is 1.19. The number of benzene rings is 1. The molecule has 10 heteroatoms. The molecule has 1 aromatic carbocycles. The molecule has 1 rings (SSSR count). The van der Waals surface area contributed by atoms with Gasteiger partial charge in [-0.25, -0.2) is 4.79 Å². The SMILES string of the molecule is Cc1ccc(S(=O)(=O)O)cc1.O=C(O)C(F)(F)F.[Cu]. The van der Waals surface area contributed by atoms with E-state index >= 15 is 0 Å². The van der Waals surface area contributed by atoms with Gasteiger partial charge in [-0.1, -0.05) is 17.7 Å². The second-order valence-electron chi connectivity index (χ2n) is 3.09. The van der Waals surface area contributed by atoms with Crippen molar-refractivity contribution in [3.63, 3.8) is 0 Å². The summed E-state index contributed by atoms with van der Waals surface area (Å²) in [5, 5.41) is 7.12. The summed E-state index contributed by atoms with van der Waals surface area (Å²) in [5.74, 6) is -2.76. The van der Waals surface area contributed by atoms with E-state index in [1.165, 1.54) is 12.1 Å². The third kappa shape index (κ3) is 8.60. The summed E-state index contributed by atoms with van der Waals surface area (Å²) in [7, 11) is -4.02. The molecule has 1 aromatic rings. The van der Waals surface area contributed by atoms with Crippen LogP contribution in [0, 0.1) is 6.92 Å². The molecule has 0 fully saturated rings. The van der Waals surface area contributed by atoms with Gasteiger partial charge < -0.3 is 5.11 Å². The van der Waals surface area contributed by atoms with Gasteiger partial charge in [0.1, 0.15) is 0 Å². The Labute approximate surface area is 117 Å². The Morgan fingerprint density at radius 3 is 1.68 bits per heavy atom. The molecule has 0 aromatic heterocycles. The van der Waals surface area contributed by atoms with Gasteiger partial charge in [-0.05, 0) is 19.1 Å². The van der Waals surface area contributed by atoms with Crippen molar-refractivity contribution in [2.45, 2.75) is 18.0 Å². The van der Waals surface area contributed by atoms with Crippen molar-refractivity contribution in [2.24, 2.45) is 0 Å². The van der Waals surface area contributed by atoms with Gasteiger partial charge in [0.25, 0.3) is 10.1 Å². The molecule has 0 bridgehead atoms. The van der Waals surface area contributed by atoms with Gasteiger partial charge in [0.15, 0.2) is 0 Å². The van der Waals surface area contributed by atoms with Crippen LogP contribution in [0.5, 0.6) is 0 Å². The van der Waals surface area contributed by atoms with Crippen LogP contribution < -0.4 is 0 Å². The van der Waals surface area contributed by atoms with E-state index < -0.39 is 22.3 Å². The number of halogens is 3. The molecule has 0 saturated carbocycles. The number of aryl methyl sites for hydroxylation is 1. The standard InChI is InChI=1S/C7H8O3S.C2HF3O2.Cu/c1-6-2-4-7(5-3-6)11(8,9)10;3-2(4,5)1(6)7;/h2-5H,1H3,(H,8,9,10);(H,6,7);. The first kappa shape index (κ1) is 20.2. The van der Waals surface area contributed by atoms with Crippen LogP contribution in [0.15, 0.2) is 29.2 Å². The molecule has 0 aliphatic carbocycles. The van der Waals surface area contributed by atoms with E-state index in [4.69, 9.17) is 14.5 Å². The van der Waals surface area contributed by atoms with Crippen molar-refractivity contribution < 1.29 is 53.1 Å². The molecule has 0 spiro atoms. The molecular formula is C9H9CuF3O5S. The zero-order chi connectivity index (χ0) is 14.6. The van der Waals surface area contributed by atoms with Crippen LogP contribution in [0.3, 0.4) is 0 Å². The molecule has 5 nitrogen and oxygen atoms in total. The molecule has 0 heterocycles. The van der Waals surface area contributed by atoms with Crippen molar-refractivity contribution >= 4 is 16.1 Å². The smallest absolute Gasteiger partial charge is 0.475 e. The summed E-state index contributed by atoms with van der Waals surface area (Å²) in [6, 6.07) is 5.99. The fourth-order valence-electron chi connectivity index (χ4n) is 0.710. The van der Waals surface area contributed by atoms with Crippen LogP contribution in [0.25, 0.3) is 0 Å². The van der Waals surface area contributed by atoms with Gasteiger partial charge in [0.2, 0.25) is 0 Å². The Kier molecular flexibility index (Phi) is 7.97. The van der Waals surface area contributed by atoms with Crippen molar-refractivity contribution in [2.75, 3.05) is 0 Å². The predicted octanol–water partition coefficient (Wildman–Crippen LogP) is 1.87. The molecule has 2 N–H and O–H groups in total. The Hall–Kier alpha value is -1.09. The molecular weight excluding hydrogens is 341 g/mol. The zero-order valence-electron chi connectivity index (χ0n) is 9.27. The molecule has 0 aliphatic rings. The average Bonchev–Trinajstić information content (AvgIpc) is 2.16. The van der Waals surface area contributed by atoms with E-state index in [0.717, 1.165) is 5.56 Å². The van der Waals surface area contributed by atoms with Crippen LogP contribution in [0.2, 0.25) is 0 Å². The Balaban J connectivity index is 0. The molecule has 0 amide bonds. The van der Waals surface area contributed by atoms with Gasteiger partial charge in [0.05, 0.1) is 4.90 Å². The first-order valence-electron chi connectivity index (χ1n) is 4.29. The average molecular weight is 350 g/mol. The molecule has 1 radical (unpaired) electrons. The minimum atomic E-state index is -5.08. The van der Waals surface area contributed by atoms with Crippen LogP contribution >= 0.6 is 0 Å². The van der Waals surface area contributed by atoms with E-state index in [0.29, 0.717) is 0 Å². The maximum atomic E-state index is 10.6. The number of hydrogen-bond acceptors (Lipinski definition) is 3. The van der Waals surface area contributed by atoms with E-state index in [2.05, 4.69) is 0 Å². The predicted molar refractivity (Wildman–Crippen MR) is 54.7 cm³/mol. The number of carbonyl (C=O) groups is 1. The zero-order valence-corrected chi connectivity index (χ0v) is 11.0. The number of rotatable bonds is 1. The largest absolute Gasteiger partial charge is 0.490 e. The molecule has 0 aliphatic heterocycles. The number of alkyl halides is 3. The second-order valence-corrected chi connectivity index (χ2v) is 4.51. The normalized spacial score (nSPS) is 10.8. The van der Waals surface area contributed by atoms with Gasteiger partial charge >= 0.3 is 12.1 Å². The van der Waals surface area contributed by atoms with Crippen LogP contribution in [-0.4, -0.2) is 30.2 Å². The Bertz CT molecular complexity index is 510. The minimum absolute atomic E-state index is 0. The Morgan fingerprint density at radius 1 is 1.16 bits per heavy atom. The number of aliphatic carboxylic acids is 1. The monoisotopic (exact) mass is 349 g/mol. The van der Waals surface area contributed by atoms with E-state index in [1.807, 2.05) is 6.92 Å². The van der Waals surface area contributed by atoms with Gasteiger partial charge in [0, 0.05) is 17.1 Å². The van der Waals surface area contributed by atoms with Crippen molar-refractivity contribution in [3.8, 4) is 0 Å². The maximum Gasteiger partial charge on any atom is 0.490 e. The van der Waals surface area contributed by atoms with Crippen LogP contribution in [0.1, 0.15) is 5.56 Å². The molecule has 0 unspecified atom stereocenters. The summed E-state index contributed by atoms with van der Waals surface area (Å²) in [6.07, 6.45) is -5.08. The topological polar surface area (TPSA) is 91.7 Å². The van der Waals surface area contributed by atoms with Gasteiger partial charge in [-0.3, -0.25) is 4.55 Å². The summed E-state index contributed by atoms with van der Waals surface area (Å²) in [5.41, 5.74) is 0.956. The number of hydrogen-bond donors (Lipinski definition) is 2. The number of carboxylic acids is 1. The van der Waals surface area contributed by atoms with Crippen molar-refractivity contribution in [1.82, 2.24) is 0 Å². The molecule has 0 saturated heterocycles. The summed E-state index contributed by atoms with van der Waals surface area (Å²) in [6.45, 7) is 1.84. The summed E-state index contributed by atoms with van der Waals surface area (Å²) < 4.78 is 61.3. The third-order valence-electron chi connectivity index (χ3n) is 1.56. The maximum absolute atomic E-state index is 10.6. The van der Waals surface area contributed by atoms with Crippen LogP contribution in [0.4, 0.5) is 13.2 Å². The van der Waals surface area contributed by atoms with Crippen molar-refractivity contribution in [1.29, 1.82) is 0 Å². The summed E-state index contributed by atoms with van der Waals surface area (Å²) in [4.78, 5) is 8.83. The minimum Gasteiger partial charge on any atom is -0.475 e. The fraction of sp³-hybridized carbons (Fsp3) is 0.222. The quantitative estimate of drug-likeness (QED) is 0.596. The molecule has 0 atom stereocenters. The van der Waals surface area contributed by atoms with Gasteiger partial charge in [-0.15, -0.1) is 0 Å². The first-order valence-corrected chi connectivity index (χ1v) is 5.73. The molecule has 113 valence electrons. The Morgan fingerprint density at radius 2 is 1.47 bits per heavy atom. The third-order valence-corrected chi connectivity index (χ3v) is 2.43. The van der Waals surface area contributed by atoms with Crippen molar-refractivity contribution in [3.05, 3.63) is 29.8 Å². The summed E-state index contributed by atoms with van der Waals surface area (Å²) >= 11 is 0.